The zero-order chi connectivity index (χ0) is 14.2. The number of hydrogen-bond acceptors (Lipinski definition) is 4. The number of carbonyl (C=O) groups is 2. The van der Waals surface area contributed by atoms with Gasteiger partial charge in [0.15, 0.2) is 5.54 Å². The summed E-state index contributed by atoms with van der Waals surface area (Å²) < 4.78 is 5.12. The van der Waals surface area contributed by atoms with Gasteiger partial charge in [-0.1, -0.05) is 12.1 Å². The van der Waals surface area contributed by atoms with E-state index in [0.717, 1.165) is 5.39 Å². The molecule has 2 aromatic rings. The lowest BCUT2D eigenvalue weighted by molar-refractivity contribution is -0.144. The van der Waals surface area contributed by atoms with E-state index < -0.39 is 17.4 Å². The van der Waals surface area contributed by atoms with Crippen LogP contribution in [-0.4, -0.2) is 45.9 Å². The minimum atomic E-state index is -1.35. The Hall–Kier alpha value is -2.41. The summed E-state index contributed by atoms with van der Waals surface area (Å²) in [6.45, 7) is 0.299. The molecule has 1 amide bonds. The predicted octanol–water partition coefficient (Wildman–Crippen LogP) is 0.536. The van der Waals surface area contributed by atoms with Crippen LogP contribution < -0.4 is 5.32 Å². The number of hydrogen-bond donors (Lipinski definition) is 3. The second-order valence-electron chi connectivity index (χ2n) is 4.78. The largest absolute Gasteiger partial charge is 0.479 e. The van der Waals surface area contributed by atoms with Gasteiger partial charge in [-0.2, -0.15) is 5.10 Å². The van der Waals surface area contributed by atoms with E-state index in [9.17, 15) is 14.7 Å². The summed E-state index contributed by atoms with van der Waals surface area (Å²) in [6, 6.07) is 5.17. The maximum atomic E-state index is 12.3. The molecular weight excluding hydrogens is 262 g/mol. The maximum Gasteiger partial charge on any atom is 0.331 e. The molecule has 1 aliphatic rings. The molecule has 2 heterocycles. The lowest BCUT2D eigenvalue weighted by atomic mass is 9.98. The van der Waals surface area contributed by atoms with Crippen molar-refractivity contribution in [3.63, 3.8) is 0 Å². The SMILES string of the molecule is O=C(NC1(C(=O)O)CCOC1)c1cccc2cn[nH]c12. The van der Waals surface area contributed by atoms with Gasteiger partial charge in [-0.25, -0.2) is 4.79 Å². The lowest BCUT2D eigenvalue weighted by Crippen LogP contribution is -2.55. The third kappa shape index (κ3) is 1.92. The number of ether oxygens (including phenoxy) is 1. The number of carbonyl (C=O) groups excluding carboxylic acids is 1. The van der Waals surface area contributed by atoms with Crippen LogP contribution in [0.15, 0.2) is 24.4 Å². The fourth-order valence-corrected chi connectivity index (χ4v) is 2.33. The molecule has 1 aromatic carbocycles. The Balaban J connectivity index is 1.93. The molecule has 0 saturated carbocycles. The Morgan fingerprint density at radius 3 is 3.00 bits per heavy atom. The summed E-state index contributed by atoms with van der Waals surface area (Å²) in [5, 5.41) is 19.3. The Kier molecular flexibility index (Phi) is 2.90. The number of H-pyrrole nitrogens is 1. The molecule has 20 heavy (non-hydrogen) atoms. The molecule has 3 N–H and O–H groups in total. The molecule has 0 spiro atoms. The summed E-state index contributed by atoms with van der Waals surface area (Å²) in [7, 11) is 0. The van der Waals surface area contributed by atoms with Crippen molar-refractivity contribution in [2.24, 2.45) is 0 Å². The molecule has 1 aromatic heterocycles. The van der Waals surface area contributed by atoms with E-state index in [4.69, 9.17) is 4.74 Å². The maximum absolute atomic E-state index is 12.3. The van der Waals surface area contributed by atoms with Gasteiger partial charge < -0.3 is 15.2 Å². The molecule has 0 radical (unpaired) electrons. The number of carboxylic acid groups (broad SMARTS) is 1. The van der Waals surface area contributed by atoms with Gasteiger partial charge in [-0.15, -0.1) is 0 Å². The minimum Gasteiger partial charge on any atom is -0.479 e. The van der Waals surface area contributed by atoms with Gasteiger partial charge in [-0.05, 0) is 6.07 Å². The van der Waals surface area contributed by atoms with Crippen molar-refractivity contribution >= 4 is 22.8 Å². The van der Waals surface area contributed by atoms with Crippen LogP contribution >= 0.6 is 0 Å². The van der Waals surface area contributed by atoms with Crippen molar-refractivity contribution in [1.82, 2.24) is 15.5 Å². The molecule has 7 heteroatoms. The Labute approximate surface area is 113 Å². The normalized spacial score (nSPS) is 22.0. The molecule has 1 aliphatic heterocycles. The topological polar surface area (TPSA) is 104 Å². The Morgan fingerprint density at radius 1 is 1.45 bits per heavy atom. The van der Waals surface area contributed by atoms with Crippen LogP contribution in [0.1, 0.15) is 16.8 Å². The van der Waals surface area contributed by atoms with Gasteiger partial charge >= 0.3 is 5.97 Å². The van der Waals surface area contributed by atoms with Crippen LogP contribution in [0.25, 0.3) is 10.9 Å². The molecule has 1 fully saturated rings. The lowest BCUT2D eigenvalue weighted by Gasteiger charge is -2.23. The van der Waals surface area contributed by atoms with Crippen molar-refractivity contribution in [3.05, 3.63) is 30.0 Å². The monoisotopic (exact) mass is 275 g/mol. The zero-order valence-electron chi connectivity index (χ0n) is 10.5. The first-order valence-corrected chi connectivity index (χ1v) is 6.18. The molecule has 1 unspecified atom stereocenters. The van der Waals surface area contributed by atoms with E-state index in [1.807, 2.05) is 6.07 Å². The van der Waals surface area contributed by atoms with E-state index >= 15 is 0 Å². The minimum absolute atomic E-state index is 0.0208. The summed E-state index contributed by atoms with van der Waals surface area (Å²) in [6.07, 6.45) is 1.87. The highest BCUT2D eigenvalue weighted by Gasteiger charge is 2.44. The number of amides is 1. The van der Waals surface area contributed by atoms with Gasteiger partial charge in [-0.3, -0.25) is 9.89 Å². The van der Waals surface area contributed by atoms with E-state index in [0.29, 0.717) is 17.7 Å². The third-order valence-corrected chi connectivity index (χ3v) is 3.51. The second-order valence-corrected chi connectivity index (χ2v) is 4.78. The summed E-state index contributed by atoms with van der Waals surface area (Å²) in [5.74, 6) is -1.53. The van der Waals surface area contributed by atoms with E-state index in [1.54, 1.807) is 18.3 Å². The predicted molar refractivity (Wildman–Crippen MR) is 69.4 cm³/mol. The number of aromatic nitrogens is 2. The number of nitrogens with one attached hydrogen (secondary N) is 2. The number of aliphatic carboxylic acids is 1. The molecule has 1 saturated heterocycles. The highest BCUT2D eigenvalue weighted by atomic mass is 16.5. The van der Waals surface area contributed by atoms with Crippen LogP contribution in [0.5, 0.6) is 0 Å². The molecule has 1 atom stereocenters. The van der Waals surface area contributed by atoms with Crippen LogP contribution in [0.2, 0.25) is 0 Å². The van der Waals surface area contributed by atoms with Crippen molar-refractivity contribution in [3.8, 4) is 0 Å². The Bertz CT molecular complexity index is 673. The number of carboxylic acids is 1. The van der Waals surface area contributed by atoms with Crippen LogP contribution in [0, 0.1) is 0 Å². The van der Waals surface area contributed by atoms with Gasteiger partial charge in [0.1, 0.15) is 0 Å². The van der Waals surface area contributed by atoms with Gasteiger partial charge in [0.05, 0.1) is 23.9 Å². The van der Waals surface area contributed by atoms with Crippen molar-refractivity contribution in [2.75, 3.05) is 13.2 Å². The molecule has 0 aliphatic carbocycles. The quantitative estimate of drug-likeness (QED) is 0.758. The highest BCUT2D eigenvalue weighted by Crippen LogP contribution is 2.21. The molecule has 0 bridgehead atoms. The van der Waals surface area contributed by atoms with Gasteiger partial charge in [0.2, 0.25) is 0 Å². The molecular formula is C13H13N3O4. The summed E-state index contributed by atoms with van der Waals surface area (Å²) in [5.41, 5.74) is -0.392. The number of rotatable bonds is 3. The Morgan fingerprint density at radius 2 is 2.30 bits per heavy atom. The molecule has 3 rings (SSSR count). The molecule has 104 valence electrons. The number of para-hydroxylation sites is 1. The fraction of sp³-hybridized carbons (Fsp3) is 0.308. The number of benzene rings is 1. The van der Waals surface area contributed by atoms with Crippen molar-refractivity contribution in [2.45, 2.75) is 12.0 Å². The smallest absolute Gasteiger partial charge is 0.331 e. The van der Waals surface area contributed by atoms with Crippen LogP contribution in [-0.2, 0) is 9.53 Å². The standard InChI is InChI=1S/C13H13N3O4/c17-11(15-13(12(18)19)4-5-20-7-13)9-3-1-2-8-6-14-16-10(8)9/h1-3,6H,4-5,7H2,(H,14,16)(H,15,17)(H,18,19). The van der Waals surface area contributed by atoms with E-state index in [-0.39, 0.29) is 13.0 Å². The first-order chi connectivity index (χ1) is 9.62. The van der Waals surface area contributed by atoms with E-state index in [2.05, 4.69) is 15.5 Å². The van der Waals surface area contributed by atoms with Crippen LogP contribution in [0.4, 0.5) is 0 Å². The second kappa shape index (κ2) is 4.61. The average Bonchev–Trinajstić information content (AvgIpc) is 3.06. The van der Waals surface area contributed by atoms with Crippen molar-refractivity contribution in [1.29, 1.82) is 0 Å². The van der Waals surface area contributed by atoms with Gasteiger partial charge in [0, 0.05) is 18.4 Å². The summed E-state index contributed by atoms with van der Waals surface area (Å²) >= 11 is 0. The van der Waals surface area contributed by atoms with Crippen LogP contribution in [0.3, 0.4) is 0 Å². The fourth-order valence-electron chi connectivity index (χ4n) is 2.33. The zero-order valence-corrected chi connectivity index (χ0v) is 10.5. The molecule has 7 nitrogen and oxygen atoms in total. The first-order valence-electron chi connectivity index (χ1n) is 6.18. The number of fused-ring (bicyclic) bond motifs is 1. The summed E-state index contributed by atoms with van der Waals surface area (Å²) in [4.78, 5) is 23.7. The third-order valence-electron chi connectivity index (χ3n) is 3.51. The van der Waals surface area contributed by atoms with E-state index in [1.165, 1.54) is 0 Å². The highest BCUT2D eigenvalue weighted by molar-refractivity contribution is 6.07. The number of nitrogens with zero attached hydrogens (tertiary/aromatic N) is 1. The number of aromatic amines is 1. The van der Waals surface area contributed by atoms with Gasteiger partial charge in [0.25, 0.3) is 5.91 Å². The average molecular weight is 275 g/mol. The first kappa shape index (κ1) is 12.6. The van der Waals surface area contributed by atoms with Crippen molar-refractivity contribution < 1.29 is 19.4 Å².